The van der Waals surface area contributed by atoms with Crippen molar-refractivity contribution < 1.29 is 35.7 Å². The van der Waals surface area contributed by atoms with Crippen molar-refractivity contribution in [1.82, 2.24) is 19.9 Å². The predicted molar refractivity (Wildman–Crippen MR) is 372 cm³/mol. The molecule has 0 atom stereocenters. The second-order valence-electron chi connectivity index (χ2n) is 21.6. The Hall–Kier alpha value is -13.5. The number of fused-ring (bicyclic) bond motifs is 8. The first-order valence-corrected chi connectivity index (χ1v) is 31.4. The molecule has 8 aromatic carbocycles. The molecule has 0 aromatic heterocycles. The molecular formula is C75H51N9O12S. The van der Waals surface area contributed by atoms with E-state index < -0.39 is 10.0 Å². The van der Waals surface area contributed by atoms with Gasteiger partial charge in [0.25, 0.3) is 15.9 Å². The van der Waals surface area contributed by atoms with Gasteiger partial charge in [0.05, 0.1) is 10.6 Å². The number of hydrogen-bond acceptors (Lipinski definition) is 17. The standard InChI is InChI=1S/C19H13N3O3.C19H12N2O3.C19H14N2O2.C18H12N2O4S/c23-14-7-9-16-18(11-14)25-17-10-13(6-8-15(17)22-16)21-19(24)20-12-4-2-1-3-5-12;22-14-7-9-16-18(11-14)24-17-10-13(6-8-15(17)21-16)20-19(23)12-4-2-1-3-5-12;22-15-7-9-17-19(11-15)23-18-10-14(6-8-16(18)21-17)20-12-13-4-2-1-3-5-13;21-13-7-9-16-18(11-13)24-17-10-12(6-8-15(17)19-16)20-25(22,23)14-4-2-1-3-5-14/h1-11H,(H2,20,21,24);1-11H,(H,20,23);1-11,20H,12H2;1-11,20H. The molecule has 8 aliphatic rings. The third kappa shape index (κ3) is 15.4. The van der Waals surface area contributed by atoms with E-state index in [2.05, 4.69) is 58.1 Å². The van der Waals surface area contributed by atoms with Gasteiger partial charge >= 0.3 is 6.03 Å². The highest BCUT2D eigenvalue weighted by Crippen LogP contribution is 2.31. The van der Waals surface area contributed by atoms with Crippen molar-refractivity contribution in [2.45, 2.75) is 11.4 Å². The number of anilines is 5. The monoisotopic (exact) mass is 1300 g/mol. The number of nitrogens with one attached hydrogen (secondary N) is 5. The molecule has 16 rings (SSSR count). The zero-order valence-corrected chi connectivity index (χ0v) is 51.5. The smallest absolute Gasteiger partial charge is 0.323 e. The molecule has 0 saturated carbocycles. The number of carbonyl (C=O) groups is 2. The minimum atomic E-state index is -3.69. The Morgan fingerprint density at radius 3 is 1.13 bits per heavy atom. The van der Waals surface area contributed by atoms with Crippen LogP contribution in [0.5, 0.6) is 0 Å². The molecule has 0 bridgehead atoms. The number of sulfonamides is 1. The summed E-state index contributed by atoms with van der Waals surface area (Å²) in [5, 5.41) is 11.7. The summed E-state index contributed by atoms with van der Waals surface area (Å²) in [6, 6.07) is 74.9. The topological polar surface area (TPSA) is 301 Å². The number of hydrogen-bond donors (Lipinski definition) is 5. The van der Waals surface area contributed by atoms with Gasteiger partial charge in [-0.2, -0.15) is 0 Å². The van der Waals surface area contributed by atoms with Crippen LogP contribution in [0.2, 0.25) is 0 Å². The molecule has 0 saturated heterocycles. The molecule has 22 heteroatoms. The lowest BCUT2D eigenvalue weighted by Gasteiger charge is -2.10. The highest BCUT2D eigenvalue weighted by molar-refractivity contribution is 7.92. The van der Waals surface area contributed by atoms with Gasteiger partial charge in [0, 0.05) is 83.4 Å². The van der Waals surface area contributed by atoms with E-state index in [9.17, 15) is 37.2 Å². The van der Waals surface area contributed by atoms with Crippen LogP contribution in [0, 0.1) is 0 Å². The number of benzene rings is 12. The molecule has 5 N–H and O–H groups in total. The van der Waals surface area contributed by atoms with Crippen LogP contribution in [0.25, 0.3) is 90.2 Å². The Labute approximate surface area is 549 Å². The summed E-state index contributed by atoms with van der Waals surface area (Å²) >= 11 is 0. The van der Waals surface area contributed by atoms with E-state index in [0.717, 1.165) is 17.7 Å². The highest BCUT2D eigenvalue weighted by Gasteiger charge is 2.18. The first-order valence-electron chi connectivity index (χ1n) is 29.9. The minimum absolute atomic E-state index is 0.0826. The fourth-order valence-electron chi connectivity index (χ4n) is 9.97. The molecule has 0 unspecified atom stereocenters. The van der Waals surface area contributed by atoms with Crippen LogP contribution >= 0.6 is 0 Å². The summed E-state index contributed by atoms with van der Waals surface area (Å²) in [4.78, 5) is 88.1. The molecule has 474 valence electrons. The van der Waals surface area contributed by atoms with E-state index in [4.69, 9.17) is 17.7 Å². The largest absolute Gasteiger partial charge is 0.453 e. The molecule has 3 amide bonds. The zero-order valence-electron chi connectivity index (χ0n) is 50.7. The van der Waals surface area contributed by atoms with E-state index >= 15 is 0 Å². The second kappa shape index (κ2) is 27.8. The third-order valence-electron chi connectivity index (χ3n) is 14.6. The van der Waals surface area contributed by atoms with E-state index in [1.165, 1.54) is 66.2 Å². The van der Waals surface area contributed by atoms with Gasteiger partial charge in [0.2, 0.25) is 0 Å². The zero-order chi connectivity index (χ0) is 66.8. The van der Waals surface area contributed by atoms with Crippen molar-refractivity contribution in [2.75, 3.05) is 26.0 Å². The normalized spacial score (nSPS) is 11.1. The highest BCUT2D eigenvalue weighted by atomic mass is 32.2. The maximum atomic E-state index is 12.4. The number of nitrogens with zero attached hydrogens (tertiary/aromatic N) is 4. The number of urea groups is 1. The fraction of sp³-hybridized carbons (Fsp3) is 0.0133. The average Bonchev–Trinajstić information content (AvgIpc) is 0.987. The Morgan fingerprint density at radius 2 is 0.691 bits per heavy atom. The minimum Gasteiger partial charge on any atom is -0.453 e. The van der Waals surface area contributed by atoms with Crippen LogP contribution < -0.4 is 47.7 Å². The van der Waals surface area contributed by atoms with Gasteiger partial charge in [-0.15, -0.1) is 0 Å². The molecule has 4 heterocycles. The predicted octanol–water partition coefficient (Wildman–Crippen LogP) is 14.5. The number of rotatable bonds is 10. The second-order valence-corrected chi connectivity index (χ2v) is 23.3. The molecule has 8 aromatic rings. The van der Waals surface area contributed by atoms with Crippen LogP contribution in [-0.4, -0.2) is 40.3 Å². The van der Waals surface area contributed by atoms with Crippen molar-refractivity contribution >= 4 is 94.8 Å². The molecule has 0 fully saturated rings. The van der Waals surface area contributed by atoms with Gasteiger partial charge in [-0.1, -0.05) is 84.9 Å². The lowest BCUT2D eigenvalue weighted by atomic mass is 10.2. The van der Waals surface area contributed by atoms with E-state index in [0.29, 0.717) is 113 Å². The Balaban J connectivity index is 0.000000117. The summed E-state index contributed by atoms with van der Waals surface area (Å²) in [6.07, 6.45) is 0. The van der Waals surface area contributed by atoms with Crippen molar-refractivity contribution in [3.05, 3.63) is 319 Å². The van der Waals surface area contributed by atoms with Crippen molar-refractivity contribution in [3.8, 4) is 45.8 Å². The number of para-hydroxylation sites is 1. The van der Waals surface area contributed by atoms with E-state index in [-0.39, 0.29) is 38.5 Å². The van der Waals surface area contributed by atoms with Gasteiger partial charge in [-0.25, -0.2) is 33.1 Å². The average molecular weight is 1300 g/mol. The summed E-state index contributed by atoms with van der Waals surface area (Å²) < 4.78 is 50.3. The fourth-order valence-corrected chi connectivity index (χ4v) is 11.0. The summed E-state index contributed by atoms with van der Waals surface area (Å²) in [5.74, 6) is 1.48. The summed E-state index contributed by atoms with van der Waals surface area (Å²) in [6.45, 7) is 0.734. The van der Waals surface area contributed by atoms with Crippen LogP contribution in [-0.2, 0) is 16.6 Å². The van der Waals surface area contributed by atoms with Gasteiger partial charge in [0.1, 0.15) is 44.8 Å². The van der Waals surface area contributed by atoms with Crippen LogP contribution in [0.15, 0.2) is 309 Å². The van der Waals surface area contributed by atoms with Crippen LogP contribution in [0.3, 0.4) is 0 Å². The first kappa shape index (κ1) is 62.3. The van der Waals surface area contributed by atoms with Gasteiger partial charge < -0.3 is 38.9 Å². The van der Waals surface area contributed by atoms with Crippen molar-refractivity contribution in [1.29, 1.82) is 0 Å². The quantitative estimate of drug-likeness (QED) is 0.0795. The van der Waals surface area contributed by atoms with Gasteiger partial charge in [-0.05, 0) is 139 Å². The maximum Gasteiger partial charge on any atom is 0.323 e. The Morgan fingerprint density at radius 1 is 0.340 bits per heavy atom. The molecule has 21 nitrogen and oxygen atoms in total. The lowest BCUT2D eigenvalue weighted by Crippen LogP contribution is -2.19. The Bertz CT molecular complexity index is 5780. The van der Waals surface area contributed by atoms with Crippen LogP contribution in [0.1, 0.15) is 15.9 Å². The Kier molecular flexibility index (Phi) is 17.9. The number of aromatic nitrogens is 4. The maximum absolute atomic E-state index is 12.4. The molecule has 0 spiro atoms. The molecule has 97 heavy (non-hydrogen) atoms. The summed E-state index contributed by atoms with van der Waals surface area (Å²) in [7, 11) is -3.69. The summed E-state index contributed by atoms with van der Waals surface area (Å²) in [5.41, 5.74) is 11.5. The molecular weight excluding hydrogens is 1250 g/mol. The van der Waals surface area contributed by atoms with Crippen LogP contribution in [0.4, 0.5) is 33.2 Å². The van der Waals surface area contributed by atoms with Crippen molar-refractivity contribution in [2.24, 2.45) is 0 Å². The third-order valence-corrected chi connectivity index (χ3v) is 16.0. The molecule has 0 radical (unpaired) electrons. The van der Waals surface area contributed by atoms with Gasteiger partial charge in [0.15, 0.2) is 67.1 Å². The van der Waals surface area contributed by atoms with Gasteiger partial charge in [-0.3, -0.25) is 28.7 Å². The first-order chi connectivity index (χ1) is 47.1. The van der Waals surface area contributed by atoms with E-state index in [1.54, 1.807) is 133 Å². The van der Waals surface area contributed by atoms with E-state index in [1.807, 2.05) is 60.7 Å². The lowest BCUT2D eigenvalue weighted by molar-refractivity contribution is 0.102. The number of amides is 3. The van der Waals surface area contributed by atoms with Crippen molar-refractivity contribution in [3.63, 3.8) is 0 Å². The SMILES string of the molecule is O=C(Nc1ccc2nc3ccc(=O)cc-3oc2c1)c1ccccc1.O=C(Nc1ccccc1)Nc1ccc2nc3ccc(=O)cc-3oc2c1.O=c1ccc2nc3ccc(NCc4ccccc4)cc3oc-2c1.O=c1ccc2nc3ccc(NS(=O)(=O)c4ccccc4)cc3oc-2c1. The molecule has 4 aliphatic heterocycles. The molecule has 4 aliphatic carbocycles. The number of carbonyl (C=O) groups excluding carboxylic acids is 2.